The average Bonchev–Trinajstić information content (AvgIpc) is 3.01. The predicted octanol–water partition coefficient (Wildman–Crippen LogP) is 4.00. The van der Waals surface area contributed by atoms with Crippen LogP contribution in [0, 0.1) is 10.1 Å². The summed E-state index contributed by atoms with van der Waals surface area (Å²) in [5.41, 5.74) is 1.56. The molecule has 0 saturated heterocycles. The van der Waals surface area contributed by atoms with E-state index < -0.39 is 10.9 Å². The van der Waals surface area contributed by atoms with Crippen LogP contribution >= 0.6 is 0 Å². The molecule has 1 aliphatic heterocycles. The highest BCUT2D eigenvalue weighted by molar-refractivity contribution is 6.11. The molecular formula is C20H16N2O5. The molecule has 0 aromatic heterocycles. The molecule has 0 fully saturated rings. The molecule has 0 radical (unpaired) electrons. The number of carbonyl (C=O) groups excluding carboxylic acids is 1. The van der Waals surface area contributed by atoms with Crippen LogP contribution in [0.3, 0.4) is 0 Å². The molecule has 2 aromatic carbocycles. The Morgan fingerprint density at radius 3 is 2.63 bits per heavy atom. The molecule has 0 amide bonds. The van der Waals surface area contributed by atoms with Gasteiger partial charge < -0.3 is 9.47 Å². The summed E-state index contributed by atoms with van der Waals surface area (Å²) in [4.78, 5) is 26.4. The Kier molecular flexibility index (Phi) is 5.41. The Balaban J connectivity index is 1.75. The van der Waals surface area contributed by atoms with Crippen molar-refractivity contribution in [2.45, 2.75) is 6.92 Å². The van der Waals surface area contributed by atoms with Gasteiger partial charge in [0.25, 0.3) is 5.69 Å². The third-order valence-corrected chi connectivity index (χ3v) is 3.63. The summed E-state index contributed by atoms with van der Waals surface area (Å²) >= 11 is 0. The van der Waals surface area contributed by atoms with Gasteiger partial charge in [-0.2, -0.15) is 0 Å². The molecule has 1 heterocycles. The third kappa shape index (κ3) is 4.66. The lowest BCUT2D eigenvalue weighted by Crippen LogP contribution is -2.01. The number of non-ortho nitro benzene ring substituents is 1. The summed E-state index contributed by atoms with van der Waals surface area (Å²) in [6, 6.07) is 13.4. The first-order valence-electron chi connectivity index (χ1n) is 8.23. The largest absolute Gasteiger partial charge is 0.494 e. The van der Waals surface area contributed by atoms with Crippen molar-refractivity contribution in [3.8, 4) is 5.75 Å². The van der Waals surface area contributed by atoms with Crippen LogP contribution in [-0.4, -0.2) is 23.4 Å². The second kappa shape index (κ2) is 8.09. The quantitative estimate of drug-likeness (QED) is 0.334. The molecule has 3 rings (SSSR count). The molecule has 2 aromatic rings. The van der Waals surface area contributed by atoms with Gasteiger partial charge in [-0.3, -0.25) is 10.1 Å². The summed E-state index contributed by atoms with van der Waals surface area (Å²) in [6.07, 6.45) is 4.71. The Hall–Kier alpha value is -3.74. The van der Waals surface area contributed by atoms with E-state index in [9.17, 15) is 14.9 Å². The lowest BCUT2D eigenvalue weighted by Gasteiger charge is -2.02. The van der Waals surface area contributed by atoms with E-state index >= 15 is 0 Å². The molecule has 7 nitrogen and oxygen atoms in total. The first-order chi connectivity index (χ1) is 13.0. The third-order valence-electron chi connectivity index (χ3n) is 3.63. The van der Waals surface area contributed by atoms with Crippen molar-refractivity contribution in [1.29, 1.82) is 0 Å². The van der Waals surface area contributed by atoms with Crippen molar-refractivity contribution >= 4 is 29.7 Å². The van der Waals surface area contributed by atoms with E-state index in [1.807, 2.05) is 31.2 Å². The molecule has 27 heavy (non-hydrogen) atoms. The molecule has 0 bridgehead atoms. The SMILES string of the molecule is CCOc1ccc(/C=C2/N=C(C=Cc3cccc([N+](=O)[O-])c3)OC2=O)cc1. The number of cyclic esters (lactones) is 1. The van der Waals surface area contributed by atoms with Crippen LogP contribution in [0.25, 0.3) is 12.2 Å². The lowest BCUT2D eigenvalue weighted by molar-refractivity contribution is -0.384. The van der Waals surface area contributed by atoms with E-state index in [-0.39, 0.29) is 17.3 Å². The standard InChI is InChI=1S/C20H16N2O5/c1-2-26-17-9-6-15(7-10-17)13-18-20(23)27-19(21-18)11-8-14-4-3-5-16(12-14)22(24)25/h3-13H,2H2,1H3/b11-8?,18-13+. The summed E-state index contributed by atoms with van der Waals surface area (Å²) in [7, 11) is 0. The van der Waals surface area contributed by atoms with E-state index in [0.29, 0.717) is 12.2 Å². The van der Waals surface area contributed by atoms with Crippen LogP contribution in [0.5, 0.6) is 5.75 Å². The molecular weight excluding hydrogens is 348 g/mol. The number of hydrogen-bond donors (Lipinski definition) is 0. The Morgan fingerprint density at radius 1 is 1.15 bits per heavy atom. The fourth-order valence-electron chi connectivity index (χ4n) is 2.39. The van der Waals surface area contributed by atoms with Crippen LogP contribution < -0.4 is 4.74 Å². The van der Waals surface area contributed by atoms with E-state index in [0.717, 1.165) is 11.3 Å². The van der Waals surface area contributed by atoms with Gasteiger partial charge in [-0.15, -0.1) is 0 Å². The average molecular weight is 364 g/mol. The van der Waals surface area contributed by atoms with Crippen molar-refractivity contribution in [3.63, 3.8) is 0 Å². The summed E-state index contributed by atoms with van der Waals surface area (Å²) in [5.74, 6) is 0.323. The zero-order valence-electron chi connectivity index (χ0n) is 14.5. The summed E-state index contributed by atoms with van der Waals surface area (Å²) in [5, 5.41) is 10.8. The van der Waals surface area contributed by atoms with Gasteiger partial charge >= 0.3 is 5.97 Å². The van der Waals surface area contributed by atoms with Gasteiger partial charge in [0.15, 0.2) is 5.70 Å². The van der Waals surface area contributed by atoms with Crippen molar-refractivity contribution in [3.05, 3.63) is 81.5 Å². The molecule has 0 saturated carbocycles. The fraction of sp³-hybridized carbons (Fsp3) is 0.100. The first kappa shape index (κ1) is 18.1. The predicted molar refractivity (Wildman–Crippen MR) is 101 cm³/mol. The maximum absolute atomic E-state index is 12.0. The molecule has 0 N–H and O–H groups in total. The van der Waals surface area contributed by atoms with E-state index in [4.69, 9.17) is 9.47 Å². The van der Waals surface area contributed by atoms with Crippen molar-refractivity contribution in [1.82, 2.24) is 0 Å². The zero-order chi connectivity index (χ0) is 19.2. The highest BCUT2D eigenvalue weighted by Crippen LogP contribution is 2.19. The Labute approximate surface area is 155 Å². The smallest absolute Gasteiger partial charge is 0.363 e. The first-order valence-corrected chi connectivity index (χ1v) is 8.23. The van der Waals surface area contributed by atoms with Crippen molar-refractivity contribution in [2.75, 3.05) is 6.61 Å². The number of nitrogens with zero attached hydrogens (tertiary/aromatic N) is 2. The van der Waals surface area contributed by atoms with Gasteiger partial charge in [0.2, 0.25) is 5.90 Å². The van der Waals surface area contributed by atoms with E-state index in [1.54, 1.807) is 24.3 Å². The number of rotatable bonds is 6. The summed E-state index contributed by atoms with van der Waals surface area (Å²) < 4.78 is 10.5. The van der Waals surface area contributed by atoms with Gasteiger partial charge in [0, 0.05) is 18.2 Å². The molecule has 0 spiro atoms. The molecule has 0 aliphatic carbocycles. The van der Waals surface area contributed by atoms with Crippen LogP contribution in [0.2, 0.25) is 0 Å². The van der Waals surface area contributed by atoms with E-state index in [2.05, 4.69) is 4.99 Å². The molecule has 136 valence electrons. The number of benzene rings is 2. The van der Waals surface area contributed by atoms with Gasteiger partial charge in [-0.05, 0) is 42.3 Å². The minimum Gasteiger partial charge on any atom is -0.494 e. The van der Waals surface area contributed by atoms with E-state index in [1.165, 1.54) is 18.2 Å². The zero-order valence-corrected chi connectivity index (χ0v) is 14.5. The van der Waals surface area contributed by atoms with Gasteiger partial charge in [0.05, 0.1) is 11.5 Å². The molecule has 0 atom stereocenters. The number of ether oxygens (including phenoxy) is 2. The number of esters is 1. The van der Waals surface area contributed by atoms with Crippen LogP contribution in [0.15, 0.2) is 65.3 Å². The van der Waals surface area contributed by atoms with Crippen LogP contribution in [0.1, 0.15) is 18.1 Å². The van der Waals surface area contributed by atoms with Crippen molar-refractivity contribution in [2.24, 2.45) is 4.99 Å². The van der Waals surface area contributed by atoms with Gasteiger partial charge in [-0.1, -0.05) is 24.3 Å². The van der Waals surface area contributed by atoms with Gasteiger partial charge in [0.1, 0.15) is 5.75 Å². The Morgan fingerprint density at radius 2 is 1.93 bits per heavy atom. The molecule has 7 heteroatoms. The number of carbonyl (C=O) groups is 1. The Bertz CT molecular complexity index is 959. The second-order valence-corrected chi connectivity index (χ2v) is 5.56. The monoisotopic (exact) mass is 364 g/mol. The number of hydrogen-bond acceptors (Lipinski definition) is 6. The number of nitro groups is 1. The highest BCUT2D eigenvalue weighted by atomic mass is 16.6. The molecule has 1 aliphatic rings. The highest BCUT2D eigenvalue weighted by Gasteiger charge is 2.21. The fourth-order valence-corrected chi connectivity index (χ4v) is 2.39. The van der Waals surface area contributed by atoms with Crippen LogP contribution in [0.4, 0.5) is 5.69 Å². The summed E-state index contributed by atoms with van der Waals surface area (Å²) in [6.45, 7) is 2.49. The number of aliphatic imine (C=N–C) groups is 1. The van der Waals surface area contributed by atoms with Crippen LogP contribution in [-0.2, 0) is 9.53 Å². The van der Waals surface area contributed by atoms with Gasteiger partial charge in [-0.25, -0.2) is 9.79 Å². The minimum absolute atomic E-state index is 0.0152. The molecule has 0 unspecified atom stereocenters. The normalized spacial score (nSPS) is 15.1. The lowest BCUT2D eigenvalue weighted by atomic mass is 10.2. The van der Waals surface area contributed by atoms with Crippen molar-refractivity contribution < 1.29 is 19.2 Å². The topological polar surface area (TPSA) is 91.0 Å². The second-order valence-electron chi connectivity index (χ2n) is 5.56. The number of nitro benzene ring substituents is 1. The maximum Gasteiger partial charge on any atom is 0.363 e. The minimum atomic E-state index is -0.553. The maximum atomic E-state index is 12.0.